The summed E-state index contributed by atoms with van der Waals surface area (Å²) in [5.41, 5.74) is 7.24. The molecular weight excluding hydrogens is 533 g/mol. The van der Waals surface area contributed by atoms with Crippen molar-refractivity contribution in [2.45, 2.75) is 45.4 Å². The van der Waals surface area contributed by atoms with E-state index in [1.54, 1.807) is 5.56 Å². The molecular formula is C22H30AcN3-. The fourth-order valence-corrected chi connectivity index (χ4v) is 4.31. The molecule has 4 heteroatoms. The number of aryl methyl sites for hydroxylation is 3. The van der Waals surface area contributed by atoms with Gasteiger partial charge in [0.15, 0.2) is 0 Å². The second-order valence-corrected chi connectivity index (χ2v) is 7.68. The second kappa shape index (κ2) is 9.76. The van der Waals surface area contributed by atoms with Gasteiger partial charge in [-0.05, 0) is 57.7 Å². The van der Waals surface area contributed by atoms with Gasteiger partial charge in [-0.2, -0.15) is 11.9 Å². The molecule has 2 aromatic rings. The van der Waals surface area contributed by atoms with Gasteiger partial charge in [-0.1, -0.05) is 35.2 Å². The first-order valence-electron chi connectivity index (χ1n) is 9.96. The summed E-state index contributed by atoms with van der Waals surface area (Å²) in [7, 11) is 0. The van der Waals surface area contributed by atoms with Gasteiger partial charge < -0.3 is 9.88 Å². The van der Waals surface area contributed by atoms with Crippen molar-refractivity contribution < 1.29 is 44.1 Å². The number of benzene rings is 1. The number of anilines is 1. The topological polar surface area (TPSA) is 20.6 Å². The van der Waals surface area contributed by atoms with E-state index < -0.39 is 0 Å². The number of fused-ring (bicyclic) bond motifs is 1. The molecule has 1 aliphatic heterocycles. The van der Waals surface area contributed by atoms with Crippen molar-refractivity contribution in [3.8, 4) is 0 Å². The SMILES string of the molecule is Cc1ccc(N2CCN(CCCc3c[n-]c4c3CCCC4)CC2)cc1.[Ac]. The minimum Gasteiger partial charge on any atom is -0.667 e. The number of rotatable bonds is 5. The molecule has 0 atom stereocenters. The largest absolute Gasteiger partial charge is 0.667 e. The Hall–Kier alpha value is -0.298. The zero-order valence-electron chi connectivity index (χ0n) is 16.1. The van der Waals surface area contributed by atoms with Gasteiger partial charge in [-0.15, -0.1) is 0 Å². The van der Waals surface area contributed by atoms with Gasteiger partial charge in [0.25, 0.3) is 0 Å². The van der Waals surface area contributed by atoms with E-state index in [-0.39, 0.29) is 44.1 Å². The van der Waals surface area contributed by atoms with Crippen LogP contribution in [0.4, 0.5) is 5.69 Å². The van der Waals surface area contributed by atoms with Crippen LogP contribution in [-0.4, -0.2) is 37.6 Å². The fraction of sp³-hybridized carbons (Fsp3) is 0.545. The Bertz CT molecular complexity index is 684. The van der Waals surface area contributed by atoms with E-state index in [1.807, 2.05) is 0 Å². The number of aromatic nitrogens is 1. The van der Waals surface area contributed by atoms with Crippen LogP contribution >= 0.6 is 0 Å². The summed E-state index contributed by atoms with van der Waals surface area (Å²) in [5.74, 6) is 0. The molecule has 26 heavy (non-hydrogen) atoms. The van der Waals surface area contributed by atoms with Crippen LogP contribution < -0.4 is 9.88 Å². The summed E-state index contributed by atoms with van der Waals surface area (Å²) in [6, 6.07) is 8.96. The van der Waals surface area contributed by atoms with Crippen molar-refractivity contribution in [3.05, 3.63) is 52.8 Å². The van der Waals surface area contributed by atoms with E-state index in [0.29, 0.717) is 0 Å². The average Bonchev–Trinajstić information content (AvgIpc) is 3.06. The molecule has 1 fully saturated rings. The Morgan fingerprint density at radius 1 is 0.962 bits per heavy atom. The molecule has 1 aromatic heterocycles. The quantitative estimate of drug-likeness (QED) is 0.555. The Morgan fingerprint density at radius 3 is 2.46 bits per heavy atom. The summed E-state index contributed by atoms with van der Waals surface area (Å²) in [6.45, 7) is 8.05. The molecule has 0 N–H and O–H groups in total. The maximum atomic E-state index is 4.65. The van der Waals surface area contributed by atoms with Gasteiger partial charge in [0, 0.05) is 75.9 Å². The van der Waals surface area contributed by atoms with Crippen molar-refractivity contribution >= 4 is 5.69 Å². The van der Waals surface area contributed by atoms with E-state index in [0.717, 1.165) is 13.1 Å². The summed E-state index contributed by atoms with van der Waals surface area (Å²) in [6.07, 6.45) is 9.78. The third-order valence-corrected chi connectivity index (χ3v) is 5.89. The van der Waals surface area contributed by atoms with E-state index >= 15 is 0 Å². The molecule has 1 aromatic carbocycles. The van der Waals surface area contributed by atoms with Crippen LogP contribution in [0.15, 0.2) is 30.5 Å². The molecule has 0 saturated carbocycles. The molecule has 2 aliphatic rings. The molecule has 137 valence electrons. The molecule has 3 nitrogen and oxygen atoms in total. The monoisotopic (exact) mass is 563 g/mol. The zero-order chi connectivity index (χ0) is 17.1. The molecule has 0 amide bonds. The van der Waals surface area contributed by atoms with E-state index in [4.69, 9.17) is 0 Å². The molecule has 0 bridgehead atoms. The Kier molecular flexibility index (Phi) is 7.67. The number of hydrogen-bond acceptors (Lipinski definition) is 2. The second-order valence-electron chi connectivity index (χ2n) is 7.68. The normalized spacial score (nSPS) is 17.7. The maximum absolute atomic E-state index is 4.65. The minimum absolute atomic E-state index is 0. The first kappa shape index (κ1) is 20.4. The van der Waals surface area contributed by atoms with Gasteiger partial charge in [0.2, 0.25) is 0 Å². The number of piperazine rings is 1. The summed E-state index contributed by atoms with van der Waals surface area (Å²) in [4.78, 5) is 9.81. The molecule has 1 radical (unpaired) electrons. The van der Waals surface area contributed by atoms with Crippen LogP contribution in [0.2, 0.25) is 0 Å². The molecule has 1 saturated heterocycles. The zero-order valence-corrected chi connectivity index (χ0v) is 20.8. The smallest absolute Gasteiger partial charge is 0.0367 e. The van der Waals surface area contributed by atoms with Crippen LogP contribution in [0.25, 0.3) is 0 Å². The molecule has 2 heterocycles. The first-order valence-corrected chi connectivity index (χ1v) is 9.96. The van der Waals surface area contributed by atoms with Gasteiger partial charge in [-0.3, -0.25) is 4.90 Å². The first-order chi connectivity index (χ1) is 12.3. The molecule has 0 spiro atoms. The maximum Gasteiger partial charge on any atom is 0.0367 e. The van der Waals surface area contributed by atoms with Gasteiger partial charge in [0.05, 0.1) is 0 Å². The van der Waals surface area contributed by atoms with Crippen molar-refractivity contribution in [1.29, 1.82) is 0 Å². The molecule has 0 unspecified atom stereocenters. The number of nitrogens with zero attached hydrogens (tertiary/aromatic N) is 3. The van der Waals surface area contributed by atoms with E-state index in [1.165, 1.54) is 80.7 Å². The van der Waals surface area contributed by atoms with Gasteiger partial charge in [-0.25, -0.2) is 0 Å². The van der Waals surface area contributed by atoms with Gasteiger partial charge in [0.1, 0.15) is 0 Å². The van der Waals surface area contributed by atoms with Crippen LogP contribution in [0.3, 0.4) is 0 Å². The standard InChI is InChI=1S/C22H30N3.Ac/c1-18-8-10-20(11-9-18)25-15-13-24(14-16-25)12-4-5-19-17-23-22-7-3-2-6-21(19)22;/h8-11,17H,2-7,12-16H2,1H3;/q-1;. The minimum atomic E-state index is 0. The number of hydrogen-bond donors (Lipinski definition) is 0. The Balaban J connectivity index is 0.00000196. The van der Waals surface area contributed by atoms with Crippen molar-refractivity contribution in [2.24, 2.45) is 0 Å². The van der Waals surface area contributed by atoms with E-state index in [9.17, 15) is 0 Å². The third kappa shape index (κ3) is 4.94. The predicted octanol–water partition coefficient (Wildman–Crippen LogP) is 3.59. The average molecular weight is 564 g/mol. The Labute approximate surface area is 194 Å². The van der Waals surface area contributed by atoms with E-state index in [2.05, 4.69) is 52.2 Å². The summed E-state index contributed by atoms with van der Waals surface area (Å²) >= 11 is 0. The van der Waals surface area contributed by atoms with Crippen LogP contribution in [0, 0.1) is 51.0 Å². The molecule has 1 aliphatic carbocycles. The van der Waals surface area contributed by atoms with Crippen LogP contribution in [0.1, 0.15) is 41.6 Å². The summed E-state index contributed by atoms with van der Waals surface area (Å²) < 4.78 is 0. The third-order valence-electron chi connectivity index (χ3n) is 5.89. The summed E-state index contributed by atoms with van der Waals surface area (Å²) in [5, 5.41) is 0. The van der Waals surface area contributed by atoms with Crippen molar-refractivity contribution in [3.63, 3.8) is 0 Å². The Morgan fingerprint density at radius 2 is 1.69 bits per heavy atom. The van der Waals surface area contributed by atoms with Gasteiger partial charge >= 0.3 is 0 Å². The van der Waals surface area contributed by atoms with Crippen LogP contribution in [-0.2, 0) is 19.3 Å². The predicted molar refractivity (Wildman–Crippen MR) is 105 cm³/mol. The molecule has 4 rings (SSSR count). The van der Waals surface area contributed by atoms with Crippen LogP contribution in [0.5, 0.6) is 0 Å². The van der Waals surface area contributed by atoms with Crippen molar-refractivity contribution in [1.82, 2.24) is 9.88 Å². The fourth-order valence-electron chi connectivity index (χ4n) is 4.31. The van der Waals surface area contributed by atoms with Crippen molar-refractivity contribution in [2.75, 3.05) is 37.6 Å².